The monoisotopic (exact) mass is 412 g/mol. The lowest BCUT2D eigenvalue weighted by molar-refractivity contribution is 0.0827. The van der Waals surface area contributed by atoms with Crippen LogP contribution in [0.4, 0.5) is 8.78 Å². The number of halogens is 2. The average Bonchev–Trinajstić information content (AvgIpc) is 2.99. The summed E-state index contributed by atoms with van der Waals surface area (Å²) in [5.41, 5.74) is 0. The molecule has 1 saturated heterocycles. The molecule has 2 aliphatic heterocycles. The number of aromatic nitrogens is 3. The Morgan fingerprint density at radius 2 is 1.86 bits per heavy atom. The van der Waals surface area contributed by atoms with Gasteiger partial charge in [0.05, 0.1) is 4.90 Å². The smallest absolute Gasteiger partial charge is 0.240 e. The molecule has 3 heterocycles. The molecule has 0 radical (unpaired) electrons. The minimum atomic E-state index is -3.93. The number of sulfonamides is 1. The summed E-state index contributed by atoms with van der Waals surface area (Å²) in [7, 11) is -3.93. The molecule has 2 aromatic rings. The van der Waals surface area contributed by atoms with Gasteiger partial charge in [-0.1, -0.05) is 0 Å². The Hall–Kier alpha value is -1.91. The molecule has 1 aromatic carbocycles. The first kappa shape index (κ1) is 19.4. The van der Waals surface area contributed by atoms with Crippen LogP contribution in [0.5, 0.6) is 0 Å². The highest BCUT2D eigenvalue weighted by Gasteiger charge is 2.28. The molecular weight excluding hydrogens is 390 g/mol. The largest absolute Gasteiger partial charge is 0.381 e. The van der Waals surface area contributed by atoms with Gasteiger partial charge in [0.15, 0.2) is 11.6 Å². The number of aryl methyl sites for hydroxylation is 1. The van der Waals surface area contributed by atoms with Crippen LogP contribution in [0.1, 0.15) is 43.3 Å². The molecule has 7 nitrogen and oxygen atoms in total. The molecule has 1 aromatic heterocycles. The van der Waals surface area contributed by atoms with E-state index in [1.165, 1.54) is 0 Å². The first-order chi connectivity index (χ1) is 13.4. The van der Waals surface area contributed by atoms with Gasteiger partial charge in [-0.3, -0.25) is 0 Å². The van der Waals surface area contributed by atoms with Crippen LogP contribution in [0.15, 0.2) is 23.1 Å². The minimum absolute atomic E-state index is 0.280. The zero-order valence-corrected chi connectivity index (χ0v) is 16.1. The lowest BCUT2D eigenvalue weighted by Crippen LogP contribution is -2.35. The number of rotatable bonds is 4. The van der Waals surface area contributed by atoms with Crippen molar-refractivity contribution in [3.63, 3.8) is 0 Å². The number of hydrogen-bond acceptors (Lipinski definition) is 5. The summed E-state index contributed by atoms with van der Waals surface area (Å²) >= 11 is 0. The lowest BCUT2D eigenvalue weighted by atomic mass is 9.99. The van der Waals surface area contributed by atoms with Crippen molar-refractivity contribution < 1.29 is 21.9 Å². The minimum Gasteiger partial charge on any atom is -0.381 e. The van der Waals surface area contributed by atoms with Gasteiger partial charge < -0.3 is 9.30 Å². The number of nitrogens with zero attached hydrogens (tertiary/aromatic N) is 3. The highest BCUT2D eigenvalue weighted by atomic mass is 32.2. The summed E-state index contributed by atoms with van der Waals surface area (Å²) in [6.45, 7) is 2.03. The Morgan fingerprint density at radius 3 is 2.61 bits per heavy atom. The van der Waals surface area contributed by atoms with E-state index in [4.69, 9.17) is 4.74 Å². The molecule has 4 rings (SSSR count). The van der Waals surface area contributed by atoms with Crippen LogP contribution in [0.3, 0.4) is 0 Å². The van der Waals surface area contributed by atoms with Gasteiger partial charge in [0.2, 0.25) is 10.0 Å². The number of benzene rings is 1. The van der Waals surface area contributed by atoms with E-state index in [-0.39, 0.29) is 10.9 Å². The molecule has 1 atom stereocenters. The maximum Gasteiger partial charge on any atom is 0.240 e. The van der Waals surface area contributed by atoms with Gasteiger partial charge in [-0.05, 0) is 43.9 Å². The van der Waals surface area contributed by atoms with Gasteiger partial charge >= 0.3 is 0 Å². The molecule has 28 heavy (non-hydrogen) atoms. The van der Waals surface area contributed by atoms with Crippen LogP contribution in [0.25, 0.3) is 0 Å². The Balaban J connectivity index is 1.47. The quantitative estimate of drug-likeness (QED) is 0.832. The van der Waals surface area contributed by atoms with Gasteiger partial charge in [0.1, 0.15) is 11.6 Å². The van der Waals surface area contributed by atoms with E-state index in [2.05, 4.69) is 19.5 Å². The third kappa shape index (κ3) is 3.94. The van der Waals surface area contributed by atoms with Crippen molar-refractivity contribution in [2.24, 2.45) is 0 Å². The summed E-state index contributed by atoms with van der Waals surface area (Å²) < 4.78 is 61.7. The number of ether oxygens (including phenoxy) is 1. The Kier molecular flexibility index (Phi) is 5.44. The standard InChI is InChI=1S/C18H22F2N4O3S/c19-15-3-2-14(11-16(15)20)28(25,26)23-13-1-4-17-21-22-18(24(17)8-5-13)12-6-9-27-10-7-12/h2-3,11-13,23H,1,4-10H2. The van der Waals surface area contributed by atoms with Crippen molar-refractivity contribution in [1.29, 1.82) is 0 Å². The van der Waals surface area contributed by atoms with Gasteiger partial charge in [0.25, 0.3) is 0 Å². The second-order valence-corrected chi connectivity index (χ2v) is 8.95. The topological polar surface area (TPSA) is 86.1 Å². The zero-order chi connectivity index (χ0) is 19.7. The van der Waals surface area contributed by atoms with Gasteiger partial charge in [-0.2, -0.15) is 0 Å². The highest BCUT2D eigenvalue weighted by Crippen LogP contribution is 2.28. The summed E-state index contributed by atoms with van der Waals surface area (Å²) in [5.74, 6) is -0.146. The molecule has 10 heteroatoms. The van der Waals surface area contributed by atoms with E-state index in [0.29, 0.717) is 51.0 Å². The first-order valence-corrected chi connectivity index (χ1v) is 10.9. The Labute approximate surface area is 162 Å². The van der Waals surface area contributed by atoms with Crippen molar-refractivity contribution in [2.75, 3.05) is 13.2 Å². The molecule has 152 valence electrons. The second-order valence-electron chi connectivity index (χ2n) is 7.23. The first-order valence-electron chi connectivity index (χ1n) is 9.41. The van der Waals surface area contributed by atoms with Crippen LogP contribution in [0, 0.1) is 11.6 Å². The van der Waals surface area contributed by atoms with Crippen LogP contribution >= 0.6 is 0 Å². The SMILES string of the molecule is O=S(=O)(NC1CCc2nnc(C3CCOCC3)n2CC1)c1ccc(F)c(F)c1. The number of nitrogens with one attached hydrogen (secondary N) is 1. The fraction of sp³-hybridized carbons (Fsp3) is 0.556. The van der Waals surface area contributed by atoms with E-state index < -0.39 is 21.7 Å². The molecule has 1 N–H and O–H groups in total. The summed E-state index contributed by atoms with van der Waals surface area (Å²) in [4.78, 5) is -0.280. The van der Waals surface area contributed by atoms with Crippen LogP contribution in [0.2, 0.25) is 0 Å². The summed E-state index contributed by atoms with van der Waals surface area (Å²) in [6, 6.07) is 2.27. The highest BCUT2D eigenvalue weighted by molar-refractivity contribution is 7.89. The van der Waals surface area contributed by atoms with E-state index in [1.54, 1.807) is 0 Å². The number of fused-ring (bicyclic) bond motifs is 1. The predicted molar refractivity (Wildman–Crippen MR) is 96.2 cm³/mol. The van der Waals surface area contributed by atoms with E-state index >= 15 is 0 Å². The fourth-order valence-electron chi connectivity index (χ4n) is 3.82. The Bertz CT molecular complexity index is 958. The van der Waals surface area contributed by atoms with Crippen LogP contribution in [-0.4, -0.2) is 42.4 Å². The van der Waals surface area contributed by atoms with E-state index in [9.17, 15) is 17.2 Å². The normalized spacial score (nSPS) is 21.3. The van der Waals surface area contributed by atoms with Gasteiger partial charge in [-0.15, -0.1) is 10.2 Å². The predicted octanol–water partition coefficient (Wildman–Crippen LogP) is 2.13. The molecule has 0 aliphatic carbocycles. The van der Waals surface area contributed by atoms with Crippen LogP contribution in [-0.2, 0) is 27.7 Å². The van der Waals surface area contributed by atoms with Crippen molar-refractivity contribution >= 4 is 10.0 Å². The van der Waals surface area contributed by atoms with E-state index in [1.807, 2.05) is 0 Å². The molecular formula is C18H22F2N4O3S. The molecule has 0 amide bonds. The second kappa shape index (κ2) is 7.84. The molecule has 0 bridgehead atoms. The summed E-state index contributed by atoms with van der Waals surface area (Å²) in [6.07, 6.45) is 3.55. The zero-order valence-electron chi connectivity index (χ0n) is 15.3. The number of hydrogen-bond donors (Lipinski definition) is 1. The molecule has 1 unspecified atom stereocenters. The maximum atomic E-state index is 13.4. The molecule has 0 saturated carbocycles. The van der Waals surface area contributed by atoms with Crippen molar-refractivity contribution in [2.45, 2.75) is 55.5 Å². The molecule has 0 spiro atoms. The third-order valence-corrected chi connectivity index (χ3v) is 6.90. The van der Waals surface area contributed by atoms with Crippen LogP contribution < -0.4 is 4.72 Å². The van der Waals surface area contributed by atoms with Gasteiger partial charge in [0, 0.05) is 38.1 Å². The van der Waals surface area contributed by atoms with E-state index in [0.717, 1.165) is 36.6 Å². The van der Waals surface area contributed by atoms with Crippen molar-refractivity contribution in [3.05, 3.63) is 41.5 Å². The Morgan fingerprint density at radius 1 is 1.07 bits per heavy atom. The van der Waals surface area contributed by atoms with Crippen molar-refractivity contribution in [1.82, 2.24) is 19.5 Å². The fourth-order valence-corrected chi connectivity index (χ4v) is 5.13. The maximum absolute atomic E-state index is 13.4. The lowest BCUT2D eigenvalue weighted by Gasteiger charge is -2.22. The third-order valence-electron chi connectivity index (χ3n) is 5.38. The molecule has 1 fully saturated rings. The van der Waals surface area contributed by atoms with Gasteiger partial charge in [-0.25, -0.2) is 21.9 Å². The summed E-state index contributed by atoms with van der Waals surface area (Å²) in [5, 5.41) is 8.68. The van der Waals surface area contributed by atoms with Crippen molar-refractivity contribution in [3.8, 4) is 0 Å². The average molecular weight is 412 g/mol. The molecule has 2 aliphatic rings.